The number of methoxy groups -OCH3 is 1. The van der Waals surface area contributed by atoms with Crippen molar-refractivity contribution in [2.75, 3.05) is 19.0 Å². The molecule has 0 radical (unpaired) electrons. The number of rotatable bonds is 8. The summed E-state index contributed by atoms with van der Waals surface area (Å²) in [6.45, 7) is 0.153. The van der Waals surface area contributed by atoms with Crippen LogP contribution < -0.4 is 20.1 Å². The van der Waals surface area contributed by atoms with Gasteiger partial charge < -0.3 is 24.5 Å². The summed E-state index contributed by atoms with van der Waals surface area (Å²) in [5.41, 5.74) is 1.82. The van der Waals surface area contributed by atoms with Crippen molar-refractivity contribution in [2.24, 2.45) is 0 Å². The molecule has 0 bridgehead atoms. The van der Waals surface area contributed by atoms with Crippen LogP contribution in [0.15, 0.2) is 65.7 Å². The topological polar surface area (TPSA) is 103 Å². The molecule has 0 aliphatic carbocycles. The zero-order valence-electron chi connectivity index (χ0n) is 15.2. The maximum Gasteiger partial charge on any atom is 0.254 e. The zero-order chi connectivity index (χ0) is 19.8. The lowest BCUT2D eigenvalue weighted by Crippen LogP contribution is -2.32. The minimum absolute atomic E-state index is 0.177. The SMILES string of the molecule is COc1ccc(NC(=O)CNC(=O)c2ccoc2)cc1OCc1ccncc1. The molecule has 1 aromatic carbocycles. The van der Waals surface area contributed by atoms with Crippen molar-refractivity contribution in [1.82, 2.24) is 10.3 Å². The number of pyridine rings is 1. The Bertz CT molecular complexity index is 926. The molecule has 8 heteroatoms. The van der Waals surface area contributed by atoms with Gasteiger partial charge in [-0.05, 0) is 35.9 Å². The van der Waals surface area contributed by atoms with E-state index in [4.69, 9.17) is 13.9 Å². The van der Waals surface area contributed by atoms with Gasteiger partial charge in [-0.15, -0.1) is 0 Å². The number of benzene rings is 1. The third kappa shape index (κ3) is 5.10. The molecular weight excluding hydrogens is 362 g/mol. The van der Waals surface area contributed by atoms with Gasteiger partial charge in [-0.25, -0.2) is 0 Å². The van der Waals surface area contributed by atoms with E-state index in [0.717, 1.165) is 5.56 Å². The van der Waals surface area contributed by atoms with Gasteiger partial charge in [-0.2, -0.15) is 0 Å². The fraction of sp³-hybridized carbons (Fsp3) is 0.150. The average Bonchev–Trinajstić information content (AvgIpc) is 3.26. The van der Waals surface area contributed by atoms with E-state index in [2.05, 4.69) is 15.6 Å². The van der Waals surface area contributed by atoms with Gasteiger partial charge in [-0.1, -0.05) is 0 Å². The molecule has 8 nitrogen and oxygen atoms in total. The molecule has 0 saturated carbocycles. The van der Waals surface area contributed by atoms with Crippen LogP contribution in [0.2, 0.25) is 0 Å². The van der Waals surface area contributed by atoms with Gasteiger partial charge >= 0.3 is 0 Å². The van der Waals surface area contributed by atoms with Crippen molar-refractivity contribution in [3.05, 3.63) is 72.4 Å². The number of carbonyl (C=O) groups is 2. The highest BCUT2D eigenvalue weighted by molar-refractivity contribution is 5.99. The molecule has 144 valence electrons. The number of aromatic nitrogens is 1. The Morgan fingerprint density at radius 2 is 1.93 bits per heavy atom. The van der Waals surface area contributed by atoms with E-state index >= 15 is 0 Å². The normalized spacial score (nSPS) is 10.2. The maximum absolute atomic E-state index is 12.1. The van der Waals surface area contributed by atoms with Crippen molar-refractivity contribution in [3.63, 3.8) is 0 Å². The number of nitrogens with zero attached hydrogens (tertiary/aromatic N) is 1. The Kier molecular flexibility index (Phi) is 6.25. The highest BCUT2D eigenvalue weighted by Gasteiger charge is 2.11. The first-order valence-corrected chi connectivity index (χ1v) is 8.45. The standard InChI is InChI=1S/C20H19N3O5/c1-26-17-3-2-16(10-18(17)28-12-14-4-7-21-8-5-14)23-19(24)11-22-20(25)15-6-9-27-13-15/h2-10,13H,11-12H2,1H3,(H,22,25)(H,23,24). The minimum Gasteiger partial charge on any atom is -0.493 e. The van der Waals surface area contributed by atoms with Crippen LogP contribution in [-0.2, 0) is 11.4 Å². The smallest absolute Gasteiger partial charge is 0.254 e. The van der Waals surface area contributed by atoms with Crippen molar-refractivity contribution in [3.8, 4) is 11.5 Å². The van der Waals surface area contributed by atoms with Gasteiger partial charge in [0.25, 0.3) is 5.91 Å². The second-order valence-corrected chi connectivity index (χ2v) is 5.75. The first-order chi connectivity index (χ1) is 13.7. The highest BCUT2D eigenvalue weighted by atomic mass is 16.5. The lowest BCUT2D eigenvalue weighted by Gasteiger charge is -2.13. The number of furan rings is 1. The summed E-state index contributed by atoms with van der Waals surface area (Å²) in [7, 11) is 1.54. The highest BCUT2D eigenvalue weighted by Crippen LogP contribution is 2.30. The van der Waals surface area contributed by atoms with Gasteiger partial charge in [0.1, 0.15) is 12.9 Å². The van der Waals surface area contributed by atoms with Crippen LogP contribution in [0.25, 0.3) is 0 Å². The Labute approximate surface area is 161 Å². The molecule has 2 aromatic heterocycles. The number of hydrogen-bond donors (Lipinski definition) is 2. The fourth-order valence-electron chi connectivity index (χ4n) is 2.37. The number of amides is 2. The summed E-state index contributed by atoms with van der Waals surface area (Å²) in [4.78, 5) is 27.9. The molecule has 2 heterocycles. The predicted octanol–water partition coefficient (Wildman–Crippen LogP) is 2.63. The fourth-order valence-corrected chi connectivity index (χ4v) is 2.37. The molecule has 2 N–H and O–H groups in total. The molecule has 0 aliphatic heterocycles. The minimum atomic E-state index is -0.389. The van der Waals surface area contributed by atoms with E-state index in [1.165, 1.54) is 25.7 Å². The maximum atomic E-state index is 12.1. The molecule has 0 atom stereocenters. The van der Waals surface area contributed by atoms with Crippen molar-refractivity contribution < 1.29 is 23.5 Å². The van der Waals surface area contributed by atoms with Gasteiger partial charge in [0.2, 0.25) is 5.91 Å². The molecule has 0 fully saturated rings. The van der Waals surface area contributed by atoms with Crippen molar-refractivity contribution in [2.45, 2.75) is 6.61 Å². The van der Waals surface area contributed by atoms with E-state index in [0.29, 0.717) is 29.4 Å². The van der Waals surface area contributed by atoms with E-state index in [9.17, 15) is 9.59 Å². The number of nitrogens with one attached hydrogen (secondary N) is 2. The van der Waals surface area contributed by atoms with Crippen LogP contribution in [-0.4, -0.2) is 30.5 Å². The van der Waals surface area contributed by atoms with Crippen LogP contribution >= 0.6 is 0 Å². The Morgan fingerprint density at radius 1 is 1.11 bits per heavy atom. The molecule has 3 rings (SSSR count). The first-order valence-electron chi connectivity index (χ1n) is 8.45. The third-order valence-electron chi connectivity index (χ3n) is 3.78. The van der Waals surface area contributed by atoms with Crippen LogP contribution in [0.4, 0.5) is 5.69 Å². The summed E-state index contributed by atoms with van der Waals surface area (Å²) < 4.78 is 15.9. The third-order valence-corrected chi connectivity index (χ3v) is 3.78. The first kappa shape index (κ1) is 19.0. The average molecular weight is 381 g/mol. The zero-order valence-corrected chi connectivity index (χ0v) is 15.2. The van der Waals surface area contributed by atoms with Gasteiger partial charge in [0.05, 0.1) is 25.5 Å². The predicted molar refractivity (Wildman–Crippen MR) is 101 cm³/mol. The van der Waals surface area contributed by atoms with Crippen molar-refractivity contribution >= 4 is 17.5 Å². The quantitative estimate of drug-likeness (QED) is 0.622. The molecule has 0 unspecified atom stereocenters. The summed E-state index contributed by atoms with van der Waals surface area (Å²) in [6.07, 6.45) is 6.07. The molecule has 3 aromatic rings. The van der Waals surface area contributed by atoms with E-state index < -0.39 is 0 Å². The van der Waals surface area contributed by atoms with Crippen molar-refractivity contribution in [1.29, 1.82) is 0 Å². The molecular formula is C20H19N3O5. The number of hydrogen-bond acceptors (Lipinski definition) is 6. The number of carbonyl (C=O) groups excluding carboxylic acids is 2. The van der Waals surface area contributed by atoms with E-state index in [1.807, 2.05) is 12.1 Å². The second-order valence-electron chi connectivity index (χ2n) is 5.75. The van der Waals surface area contributed by atoms with Crippen LogP contribution in [0.5, 0.6) is 11.5 Å². The molecule has 28 heavy (non-hydrogen) atoms. The number of anilines is 1. The lowest BCUT2D eigenvalue weighted by atomic mass is 10.2. The van der Waals surface area contributed by atoms with Crippen LogP contribution in [0, 0.1) is 0 Å². The number of ether oxygens (including phenoxy) is 2. The van der Waals surface area contributed by atoms with E-state index in [-0.39, 0.29) is 18.4 Å². The summed E-state index contributed by atoms with van der Waals surface area (Å²) in [5.74, 6) is 0.266. The van der Waals surface area contributed by atoms with Gasteiger partial charge in [0.15, 0.2) is 11.5 Å². The summed E-state index contributed by atoms with van der Waals surface area (Å²) in [5, 5.41) is 5.23. The molecule has 0 saturated heterocycles. The van der Waals surface area contributed by atoms with Crippen LogP contribution in [0.1, 0.15) is 15.9 Å². The summed E-state index contributed by atoms with van der Waals surface area (Å²) in [6, 6.07) is 10.3. The van der Waals surface area contributed by atoms with E-state index in [1.54, 1.807) is 30.6 Å². The lowest BCUT2D eigenvalue weighted by molar-refractivity contribution is -0.115. The molecule has 0 aliphatic rings. The second kappa shape index (κ2) is 9.22. The van der Waals surface area contributed by atoms with Gasteiger partial charge in [0, 0.05) is 24.1 Å². The summed E-state index contributed by atoms with van der Waals surface area (Å²) >= 11 is 0. The molecule has 2 amide bonds. The Hall–Kier alpha value is -3.81. The molecule has 0 spiro atoms. The van der Waals surface area contributed by atoms with Crippen LogP contribution in [0.3, 0.4) is 0 Å². The van der Waals surface area contributed by atoms with Gasteiger partial charge in [-0.3, -0.25) is 14.6 Å². The monoisotopic (exact) mass is 381 g/mol. The largest absolute Gasteiger partial charge is 0.493 e. The Morgan fingerprint density at radius 3 is 2.64 bits per heavy atom. The Balaban J connectivity index is 1.58.